The highest BCUT2D eigenvalue weighted by Gasteiger charge is 2.32. The van der Waals surface area contributed by atoms with Crippen LogP contribution in [0.2, 0.25) is 0 Å². The van der Waals surface area contributed by atoms with Crippen molar-refractivity contribution in [3.05, 3.63) is 29.3 Å². The van der Waals surface area contributed by atoms with Crippen molar-refractivity contribution in [3.8, 4) is 5.75 Å². The number of nitrogens with zero attached hydrogens (tertiary/aromatic N) is 1. The van der Waals surface area contributed by atoms with Gasteiger partial charge in [0, 0.05) is 0 Å². The van der Waals surface area contributed by atoms with Crippen LogP contribution in [0, 0.1) is 5.92 Å². The molecule has 1 aromatic rings. The Kier molecular flexibility index (Phi) is 7.11. The number of ether oxygens (including phenoxy) is 2. The van der Waals surface area contributed by atoms with E-state index in [1.165, 1.54) is 19.3 Å². The lowest BCUT2D eigenvalue weighted by Gasteiger charge is -2.25. The summed E-state index contributed by atoms with van der Waals surface area (Å²) in [4.78, 5) is 26.6. The van der Waals surface area contributed by atoms with Crippen LogP contribution in [0.1, 0.15) is 75.8 Å². The van der Waals surface area contributed by atoms with Gasteiger partial charge in [-0.25, -0.2) is 4.79 Å². The third-order valence-corrected chi connectivity index (χ3v) is 5.89. The second kappa shape index (κ2) is 9.55. The van der Waals surface area contributed by atoms with Gasteiger partial charge in [0.2, 0.25) is 0 Å². The molecule has 1 saturated carbocycles. The van der Waals surface area contributed by atoms with E-state index in [2.05, 4.69) is 31.7 Å². The van der Waals surface area contributed by atoms with E-state index in [9.17, 15) is 9.59 Å². The number of rotatable bonds is 8. The van der Waals surface area contributed by atoms with E-state index in [0.29, 0.717) is 17.6 Å². The second-order valence-electron chi connectivity index (χ2n) is 8.52. The normalized spacial score (nSPS) is 18.7. The molecule has 1 atom stereocenters. The highest BCUT2D eigenvalue weighted by molar-refractivity contribution is 5.79. The van der Waals surface area contributed by atoms with Gasteiger partial charge in [0.05, 0.1) is 6.54 Å². The van der Waals surface area contributed by atoms with Gasteiger partial charge in [-0.15, -0.1) is 0 Å². The minimum atomic E-state index is -0.510. The Hall–Kier alpha value is -1.88. The van der Waals surface area contributed by atoms with Gasteiger partial charge in [-0.2, -0.15) is 0 Å². The number of esters is 2. The van der Waals surface area contributed by atoms with Crippen LogP contribution in [0.3, 0.4) is 0 Å². The summed E-state index contributed by atoms with van der Waals surface area (Å²) in [5.74, 6) is 1.07. The molecular weight excluding hydrogens is 354 g/mol. The van der Waals surface area contributed by atoms with E-state index < -0.39 is 5.97 Å². The molecule has 28 heavy (non-hydrogen) atoms. The molecule has 2 aliphatic rings. The Morgan fingerprint density at radius 1 is 1.04 bits per heavy atom. The maximum Gasteiger partial charge on any atom is 0.349 e. The molecule has 0 bridgehead atoms. The number of hydrogen-bond acceptors (Lipinski definition) is 5. The van der Waals surface area contributed by atoms with Crippen molar-refractivity contribution < 1.29 is 19.1 Å². The predicted molar refractivity (Wildman–Crippen MR) is 109 cm³/mol. The van der Waals surface area contributed by atoms with Crippen molar-refractivity contribution in [1.29, 1.82) is 0 Å². The summed E-state index contributed by atoms with van der Waals surface area (Å²) in [6.07, 6.45) is 5.91. The van der Waals surface area contributed by atoms with Crippen LogP contribution in [0.4, 0.5) is 0 Å². The van der Waals surface area contributed by atoms with Crippen molar-refractivity contribution in [1.82, 2.24) is 4.90 Å². The van der Waals surface area contributed by atoms with Crippen molar-refractivity contribution in [2.24, 2.45) is 5.92 Å². The molecule has 1 aromatic carbocycles. The Morgan fingerprint density at radius 2 is 1.71 bits per heavy atom. The molecule has 1 heterocycles. The monoisotopic (exact) mass is 387 g/mol. The first-order valence-corrected chi connectivity index (χ1v) is 10.7. The molecule has 3 rings (SSSR count). The van der Waals surface area contributed by atoms with Crippen LogP contribution in [0.25, 0.3) is 0 Å². The zero-order valence-corrected chi connectivity index (χ0v) is 17.4. The Labute approximate surface area is 168 Å². The standard InChI is InChI=1S/C23H33NO4/c1-16(2)19-8-7-9-20(17(3)18-10-11-18)23(19)28-22(26)15-27-21(25)14-24-12-5-4-6-13-24/h7-9,16-18H,4-6,10-15H2,1-3H3. The first kappa shape index (κ1) is 20.8. The van der Waals surface area contributed by atoms with E-state index in [1.807, 2.05) is 12.1 Å². The van der Waals surface area contributed by atoms with Crippen molar-refractivity contribution in [3.63, 3.8) is 0 Å². The molecule has 0 aromatic heterocycles. The predicted octanol–water partition coefficient (Wildman–Crippen LogP) is 4.26. The highest BCUT2D eigenvalue weighted by atomic mass is 16.6. The molecule has 1 aliphatic carbocycles. The third kappa shape index (κ3) is 5.57. The molecule has 0 radical (unpaired) electrons. The molecule has 2 fully saturated rings. The third-order valence-electron chi connectivity index (χ3n) is 5.89. The summed E-state index contributed by atoms with van der Waals surface area (Å²) in [5.41, 5.74) is 2.11. The zero-order valence-electron chi connectivity index (χ0n) is 17.4. The van der Waals surface area contributed by atoms with Crippen molar-refractivity contribution in [2.45, 2.75) is 64.7 Å². The van der Waals surface area contributed by atoms with Crippen molar-refractivity contribution >= 4 is 11.9 Å². The largest absolute Gasteiger partial charge is 0.453 e. The number of carbonyl (C=O) groups excluding carboxylic acids is 2. The van der Waals surface area contributed by atoms with Gasteiger partial charge >= 0.3 is 11.9 Å². The molecule has 5 heteroatoms. The lowest BCUT2D eigenvalue weighted by Crippen LogP contribution is -2.36. The van der Waals surface area contributed by atoms with Crippen LogP contribution in [-0.4, -0.2) is 43.1 Å². The van der Waals surface area contributed by atoms with Crippen LogP contribution in [-0.2, 0) is 14.3 Å². The smallest absolute Gasteiger partial charge is 0.349 e. The molecule has 5 nitrogen and oxygen atoms in total. The van der Waals surface area contributed by atoms with Gasteiger partial charge in [0.15, 0.2) is 6.61 Å². The van der Waals surface area contributed by atoms with Crippen LogP contribution >= 0.6 is 0 Å². The summed E-state index contributed by atoms with van der Waals surface area (Å²) < 4.78 is 10.9. The van der Waals surface area contributed by atoms with Gasteiger partial charge in [0.25, 0.3) is 0 Å². The Bertz CT molecular complexity index is 690. The summed E-state index contributed by atoms with van der Waals surface area (Å²) >= 11 is 0. The summed E-state index contributed by atoms with van der Waals surface area (Å²) in [6, 6.07) is 6.11. The van der Waals surface area contributed by atoms with Crippen LogP contribution in [0.15, 0.2) is 18.2 Å². The molecule has 1 unspecified atom stereocenters. The van der Waals surface area contributed by atoms with Crippen LogP contribution < -0.4 is 4.74 Å². The Balaban J connectivity index is 1.60. The number of piperidine rings is 1. The first-order valence-electron chi connectivity index (χ1n) is 10.7. The molecule has 0 amide bonds. The topological polar surface area (TPSA) is 55.8 Å². The quantitative estimate of drug-likeness (QED) is 0.493. The average Bonchev–Trinajstić information content (AvgIpc) is 3.52. The molecule has 0 spiro atoms. The molecule has 1 aliphatic heterocycles. The fraction of sp³-hybridized carbons (Fsp3) is 0.652. The molecule has 1 saturated heterocycles. The van der Waals surface area contributed by atoms with E-state index >= 15 is 0 Å². The molecule has 154 valence electrons. The molecular formula is C23H33NO4. The van der Waals surface area contributed by atoms with Gasteiger partial charge in [0.1, 0.15) is 5.75 Å². The summed E-state index contributed by atoms with van der Waals surface area (Å²) in [5, 5.41) is 0. The van der Waals surface area contributed by atoms with Crippen LogP contribution in [0.5, 0.6) is 5.75 Å². The maximum atomic E-state index is 12.4. The van der Waals surface area contributed by atoms with Gasteiger partial charge in [-0.05, 0) is 67.7 Å². The van der Waals surface area contributed by atoms with Gasteiger partial charge in [-0.1, -0.05) is 45.4 Å². The maximum absolute atomic E-state index is 12.4. The lowest BCUT2D eigenvalue weighted by molar-refractivity contribution is -0.154. The number of hydrogen-bond donors (Lipinski definition) is 0. The summed E-state index contributed by atoms with van der Waals surface area (Å²) in [7, 11) is 0. The minimum absolute atomic E-state index is 0.246. The number of benzene rings is 1. The fourth-order valence-electron chi connectivity index (χ4n) is 3.98. The summed E-state index contributed by atoms with van der Waals surface area (Å²) in [6.45, 7) is 8.14. The van der Waals surface area contributed by atoms with E-state index in [0.717, 1.165) is 37.1 Å². The average molecular weight is 388 g/mol. The zero-order chi connectivity index (χ0) is 20.1. The van der Waals surface area contributed by atoms with E-state index in [4.69, 9.17) is 9.47 Å². The van der Waals surface area contributed by atoms with Gasteiger partial charge in [-0.3, -0.25) is 9.69 Å². The first-order chi connectivity index (χ1) is 13.5. The SMILES string of the molecule is CC(C)c1cccc(C(C)C2CC2)c1OC(=O)COC(=O)CN1CCCCC1. The highest BCUT2D eigenvalue weighted by Crippen LogP contribution is 2.46. The van der Waals surface area contributed by atoms with Crippen molar-refractivity contribution in [2.75, 3.05) is 26.2 Å². The fourth-order valence-corrected chi connectivity index (χ4v) is 3.98. The van der Waals surface area contributed by atoms with Gasteiger partial charge < -0.3 is 9.47 Å². The minimum Gasteiger partial charge on any atom is -0.453 e. The second-order valence-corrected chi connectivity index (χ2v) is 8.52. The van der Waals surface area contributed by atoms with E-state index in [1.54, 1.807) is 0 Å². The van der Waals surface area contributed by atoms with E-state index in [-0.39, 0.29) is 25.0 Å². The number of para-hydroxylation sites is 1. The number of carbonyl (C=O) groups is 2. The molecule has 0 N–H and O–H groups in total. The number of likely N-dealkylation sites (tertiary alicyclic amines) is 1. The lowest BCUT2D eigenvalue weighted by atomic mass is 9.90. The Morgan fingerprint density at radius 3 is 2.36 bits per heavy atom.